The van der Waals surface area contributed by atoms with Crippen LogP contribution in [0.5, 0.6) is 0 Å². The number of non-ortho nitro benzene ring substituents is 2. The third-order valence-electron chi connectivity index (χ3n) is 3.36. The van der Waals surface area contributed by atoms with Crippen molar-refractivity contribution in [3.63, 3.8) is 0 Å². The molecule has 11 nitrogen and oxygen atoms in total. The zero-order chi connectivity index (χ0) is 22.5. The Balaban J connectivity index is 0.000000637. The first kappa shape index (κ1) is 24.5. The highest BCUT2D eigenvalue weighted by Gasteiger charge is 2.22. The molecule has 2 aromatic rings. The second-order valence-corrected chi connectivity index (χ2v) is 6.47. The maximum atomic E-state index is 12.1. The molecule has 0 saturated carbocycles. The van der Waals surface area contributed by atoms with Gasteiger partial charge in [-0.3, -0.25) is 29.9 Å². The molecule has 0 aliphatic heterocycles. The van der Waals surface area contributed by atoms with Crippen LogP contribution in [0.4, 0.5) is 11.4 Å². The van der Waals surface area contributed by atoms with Crippen molar-refractivity contribution in [1.82, 2.24) is 5.32 Å². The number of amides is 1. The van der Waals surface area contributed by atoms with Gasteiger partial charge in [0.05, 0.1) is 40.4 Å². The van der Waals surface area contributed by atoms with Crippen molar-refractivity contribution in [2.24, 2.45) is 0 Å². The second-order valence-electron chi connectivity index (χ2n) is 5.43. The van der Waals surface area contributed by atoms with Crippen molar-refractivity contribution in [3.8, 4) is 0 Å². The Bertz CT molecular complexity index is 820. The first-order valence-electron chi connectivity index (χ1n) is 8.29. The lowest BCUT2D eigenvalue weighted by molar-refractivity contribution is -0.394. The minimum Gasteiger partial charge on any atom is -0.340 e. The van der Waals surface area contributed by atoms with Crippen molar-refractivity contribution in [2.75, 3.05) is 13.4 Å². The summed E-state index contributed by atoms with van der Waals surface area (Å²) in [4.78, 5) is 51.9. The Morgan fingerprint density at radius 3 is 1.83 bits per heavy atom. The molecule has 30 heavy (non-hydrogen) atoms. The Morgan fingerprint density at radius 1 is 1.00 bits per heavy atom. The minimum atomic E-state index is -0.841. The highest BCUT2D eigenvalue weighted by molar-refractivity contribution is 7.99. The van der Waals surface area contributed by atoms with E-state index in [-0.39, 0.29) is 12.0 Å². The first-order valence-corrected chi connectivity index (χ1v) is 9.58. The van der Waals surface area contributed by atoms with Crippen LogP contribution in [0.2, 0.25) is 0 Å². The fourth-order valence-electron chi connectivity index (χ4n) is 2.02. The molecule has 160 valence electrons. The quantitative estimate of drug-likeness (QED) is 0.284. The summed E-state index contributed by atoms with van der Waals surface area (Å²) in [5.74, 6) is -1.53. The van der Waals surface area contributed by atoms with Gasteiger partial charge in [-0.15, -0.1) is 11.8 Å². The van der Waals surface area contributed by atoms with Crippen LogP contribution in [0.15, 0.2) is 54.6 Å². The molecule has 1 N–H and O–H groups in total. The van der Waals surface area contributed by atoms with Gasteiger partial charge in [-0.05, 0) is 6.26 Å². The summed E-state index contributed by atoms with van der Waals surface area (Å²) in [5, 5.41) is 23.4. The summed E-state index contributed by atoms with van der Waals surface area (Å²) in [7, 11) is 1.15. The monoisotopic (exact) mass is 437 g/mol. The maximum absolute atomic E-state index is 12.1. The average Bonchev–Trinajstić information content (AvgIpc) is 2.74. The number of nitro benzene ring substituents is 2. The van der Waals surface area contributed by atoms with Crippen LogP contribution in [0.3, 0.4) is 0 Å². The third kappa shape index (κ3) is 8.67. The van der Waals surface area contributed by atoms with Gasteiger partial charge in [-0.2, -0.15) is 4.89 Å². The van der Waals surface area contributed by atoms with Gasteiger partial charge in [0.25, 0.3) is 17.3 Å². The number of hydrogen-bond acceptors (Lipinski definition) is 9. The molecular weight excluding hydrogens is 418 g/mol. The Labute approximate surface area is 175 Å². The van der Waals surface area contributed by atoms with Crippen molar-refractivity contribution >= 4 is 35.0 Å². The molecule has 1 amide bonds. The van der Waals surface area contributed by atoms with E-state index in [1.807, 2.05) is 36.4 Å². The highest BCUT2D eigenvalue weighted by Crippen LogP contribution is 2.23. The van der Waals surface area contributed by atoms with Crippen molar-refractivity contribution in [1.29, 1.82) is 0 Å². The zero-order valence-electron chi connectivity index (χ0n) is 16.0. The number of carbonyl (C=O) groups excluding carboxylic acids is 2. The predicted molar refractivity (Wildman–Crippen MR) is 109 cm³/mol. The number of benzene rings is 2. The van der Waals surface area contributed by atoms with Gasteiger partial charge >= 0.3 is 5.97 Å². The SMILES string of the molecule is COOC(=O)CC(NC(=O)c1cc([N+](=O)[O-])cc([N+](=O)[O-])c1)SC.c1ccccc1. The van der Waals surface area contributed by atoms with Crippen LogP contribution < -0.4 is 5.32 Å². The Morgan fingerprint density at radius 2 is 1.47 bits per heavy atom. The number of nitrogens with zero attached hydrogens (tertiary/aromatic N) is 2. The number of thioether (sulfide) groups is 1. The molecule has 0 saturated heterocycles. The lowest BCUT2D eigenvalue weighted by Gasteiger charge is -2.15. The van der Waals surface area contributed by atoms with Gasteiger partial charge in [0, 0.05) is 12.1 Å². The van der Waals surface area contributed by atoms with E-state index in [0.717, 1.165) is 37.1 Å². The molecule has 2 rings (SSSR count). The molecular formula is C18H19N3O8S. The van der Waals surface area contributed by atoms with E-state index in [4.69, 9.17) is 0 Å². The second kappa shape index (κ2) is 12.9. The summed E-state index contributed by atoms with van der Waals surface area (Å²) in [6.45, 7) is 0. The van der Waals surface area contributed by atoms with Gasteiger partial charge < -0.3 is 5.32 Å². The molecule has 0 radical (unpaired) electrons. The Kier molecular flexibility index (Phi) is 10.5. The van der Waals surface area contributed by atoms with Crippen LogP contribution in [-0.2, 0) is 14.6 Å². The van der Waals surface area contributed by atoms with Crippen LogP contribution >= 0.6 is 11.8 Å². The number of rotatable bonds is 8. The zero-order valence-corrected chi connectivity index (χ0v) is 16.9. The fraction of sp³-hybridized carbons (Fsp3) is 0.222. The standard InChI is InChI=1S/C12H13N3O8S.C6H6/c1-22-23-11(16)6-10(24-2)13-12(17)7-3-8(14(18)19)5-9(4-7)15(20)21;1-2-4-6-5-3-1/h3-5,10H,6H2,1-2H3,(H,13,17);1-6H. The van der Waals surface area contributed by atoms with Crippen molar-refractivity contribution in [3.05, 3.63) is 80.4 Å². The topological polar surface area (TPSA) is 151 Å². The third-order valence-corrected chi connectivity index (χ3v) is 4.21. The summed E-state index contributed by atoms with van der Waals surface area (Å²) in [6, 6.07) is 14.6. The Hall–Kier alpha value is -3.51. The smallest absolute Gasteiger partial charge is 0.340 e. The van der Waals surface area contributed by atoms with Crippen LogP contribution in [0, 0.1) is 20.2 Å². The lowest BCUT2D eigenvalue weighted by Crippen LogP contribution is -2.34. The molecule has 0 aliphatic carbocycles. The first-order chi connectivity index (χ1) is 14.3. The molecule has 2 aromatic carbocycles. The average molecular weight is 437 g/mol. The van der Waals surface area contributed by atoms with Crippen LogP contribution in [-0.4, -0.2) is 40.5 Å². The van der Waals surface area contributed by atoms with Gasteiger partial charge in [0.15, 0.2) is 0 Å². The molecule has 1 unspecified atom stereocenters. The summed E-state index contributed by atoms with van der Waals surface area (Å²) in [6.07, 6.45) is 1.39. The van der Waals surface area contributed by atoms with E-state index >= 15 is 0 Å². The number of hydrogen-bond donors (Lipinski definition) is 1. The molecule has 0 spiro atoms. The molecule has 0 bridgehead atoms. The molecule has 1 atom stereocenters. The van der Waals surface area contributed by atoms with Crippen LogP contribution in [0.1, 0.15) is 16.8 Å². The number of carbonyl (C=O) groups is 2. The van der Waals surface area contributed by atoms with Crippen LogP contribution in [0.25, 0.3) is 0 Å². The van der Waals surface area contributed by atoms with E-state index in [1.165, 1.54) is 0 Å². The van der Waals surface area contributed by atoms with E-state index in [9.17, 15) is 29.8 Å². The van der Waals surface area contributed by atoms with Crippen molar-refractivity contribution in [2.45, 2.75) is 11.8 Å². The van der Waals surface area contributed by atoms with E-state index < -0.39 is 38.5 Å². The largest absolute Gasteiger partial charge is 0.345 e. The van der Waals surface area contributed by atoms with E-state index in [2.05, 4.69) is 15.1 Å². The molecule has 0 fully saturated rings. The highest BCUT2D eigenvalue weighted by atomic mass is 32.2. The van der Waals surface area contributed by atoms with Gasteiger partial charge in [-0.1, -0.05) is 36.4 Å². The normalized spacial score (nSPS) is 10.7. The summed E-state index contributed by atoms with van der Waals surface area (Å²) < 4.78 is 0. The van der Waals surface area contributed by atoms with Gasteiger partial charge in [0.2, 0.25) is 0 Å². The summed E-state index contributed by atoms with van der Waals surface area (Å²) in [5.41, 5.74) is -1.45. The fourth-order valence-corrected chi connectivity index (χ4v) is 2.55. The molecule has 0 heterocycles. The van der Waals surface area contributed by atoms with E-state index in [1.54, 1.807) is 6.26 Å². The van der Waals surface area contributed by atoms with Gasteiger partial charge in [0.1, 0.15) is 0 Å². The lowest BCUT2D eigenvalue weighted by atomic mass is 10.1. The maximum Gasteiger partial charge on any atom is 0.345 e. The van der Waals surface area contributed by atoms with E-state index in [0.29, 0.717) is 0 Å². The predicted octanol–water partition coefficient (Wildman–Crippen LogP) is 3.10. The molecule has 12 heteroatoms. The van der Waals surface area contributed by atoms with Crippen molar-refractivity contribution < 1.29 is 29.2 Å². The molecule has 0 aliphatic rings. The molecule has 0 aromatic heterocycles. The number of nitrogens with one attached hydrogen (secondary N) is 1. The van der Waals surface area contributed by atoms with Gasteiger partial charge in [-0.25, -0.2) is 4.79 Å². The summed E-state index contributed by atoms with van der Waals surface area (Å²) >= 11 is 1.11. The number of nitro groups is 2. The minimum absolute atomic E-state index is 0.224.